The Balaban J connectivity index is 0. The first-order valence-corrected chi connectivity index (χ1v) is 5.72. The quantitative estimate of drug-likeness (QED) is 0.739. The summed E-state index contributed by atoms with van der Waals surface area (Å²) in [6.45, 7) is 12.1. The Morgan fingerprint density at radius 3 is 0.929 bits per heavy atom. The molecular formula is C12H28O2. The van der Waals surface area contributed by atoms with Crippen LogP contribution in [0.3, 0.4) is 0 Å². The lowest BCUT2D eigenvalue weighted by Crippen LogP contribution is -2.11. The molecule has 0 saturated heterocycles. The molecule has 0 aliphatic carbocycles. The number of hydrogen-bond donors (Lipinski definition) is 2. The van der Waals surface area contributed by atoms with Crippen LogP contribution in [0.2, 0.25) is 0 Å². The summed E-state index contributed by atoms with van der Waals surface area (Å²) in [7, 11) is 0. The van der Waals surface area contributed by atoms with E-state index >= 15 is 0 Å². The maximum absolute atomic E-state index is 8.94. The molecule has 88 valence electrons. The predicted octanol–water partition coefficient (Wildman–Crippen LogP) is 2.83. The monoisotopic (exact) mass is 204 g/mol. The molecule has 2 N–H and O–H groups in total. The van der Waals surface area contributed by atoms with Gasteiger partial charge in [-0.25, -0.2) is 0 Å². The summed E-state index contributed by atoms with van der Waals surface area (Å²) in [5, 5.41) is 17.9. The fourth-order valence-electron chi connectivity index (χ4n) is 0.943. The summed E-state index contributed by atoms with van der Waals surface area (Å²) in [4.78, 5) is 0. The highest BCUT2D eigenvalue weighted by atomic mass is 16.3. The van der Waals surface area contributed by atoms with Gasteiger partial charge in [0.15, 0.2) is 0 Å². The molecule has 0 unspecified atom stereocenters. The number of aliphatic hydroxyl groups is 2. The zero-order chi connectivity index (χ0) is 11.7. The van der Waals surface area contributed by atoms with E-state index in [0.29, 0.717) is 11.8 Å². The van der Waals surface area contributed by atoms with Gasteiger partial charge >= 0.3 is 0 Å². The smallest absolute Gasteiger partial charge is 0.0560 e. The van der Waals surface area contributed by atoms with Crippen molar-refractivity contribution in [3.8, 4) is 0 Å². The molecule has 0 aliphatic rings. The third kappa shape index (κ3) is 10.0. The zero-order valence-corrected chi connectivity index (χ0v) is 10.6. The number of hydrogen-bond acceptors (Lipinski definition) is 2. The van der Waals surface area contributed by atoms with Crippen molar-refractivity contribution in [3.05, 3.63) is 0 Å². The number of rotatable bonds is 4. The van der Waals surface area contributed by atoms with E-state index in [4.69, 9.17) is 10.2 Å². The van der Waals surface area contributed by atoms with Crippen molar-refractivity contribution in [2.45, 2.75) is 66.6 Å². The highest BCUT2D eigenvalue weighted by Crippen LogP contribution is 2.03. The fraction of sp³-hybridized carbons (Fsp3) is 1.00. The van der Waals surface area contributed by atoms with Crippen molar-refractivity contribution >= 4 is 0 Å². The maximum Gasteiger partial charge on any atom is 0.0560 e. The SMILES string of the molecule is CC[C@@H](O)C(C)C.CC[C@H](O)C(C)C. The molecule has 2 nitrogen and oxygen atoms in total. The summed E-state index contributed by atoms with van der Waals surface area (Å²) in [5.74, 6) is 0.843. The molecule has 0 rings (SSSR count). The van der Waals surface area contributed by atoms with E-state index in [1.54, 1.807) is 0 Å². The zero-order valence-electron chi connectivity index (χ0n) is 10.6. The lowest BCUT2D eigenvalue weighted by molar-refractivity contribution is 0.121. The molecule has 0 aromatic heterocycles. The van der Waals surface area contributed by atoms with Crippen LogP contribution in [0, 0.1) is 11.8 Å². The van der Waals surface area contributed by atoms with Crippen LogP contribution in [0.1, 0.15) is 54.4 Å². The van der Waals surface area contributed by atoms with Gasteiger partial charge in [0.2, 0.25) is 0 Å². The Hall–Kier alpha value is -0.0800. The van der Waals surface area contributed by atoms with Gasteiger partial charge in [0, 0.05) is 0 Å². The molecule has 0 bridgehead atoms. The molecule has 0 aliphatic heterocycles. The van der Waals surface area contributed by atoms with Crippen LogP contribution in [0.4, 0.5) is 0 Å². The third-order valence-electron chi connectivity index (χ3n) is 2.38. The third-order valence-corrected chi connectivity index (χ3v) is 2.38. The lowest BCUT2D eigenvalue weighted by Gasteiger charge is -2.09. The van der Waals surface area contributed by atoms with Gasteiger partial charge in [0.05, 0.1) is 12.2 Å². The normalized spacial score (nSPS) is 15.0. The largest absolute Gasteiger partial charge is 0.393 e. The van der Waals surface area contributed by atoms with Crippen molar-refractivity contribution < 1.29 is 10.2 Å². The topological polar surface area (TPSA) is 40.5 Å². The fourth-order valence-corrected chi connectivity index (χ4v) is 0.943. The van der Waals surface area contributed by atoms with Crippen LogP contribution in [0.5, 0.6) is 0 Å². The summed E-state index contributed by atoms with van der Waals surface area (Å²) in [5.41, 5.74) is 0. The maximum atomic E-state index is 8.94. The molecular weight excluding hydrogens is 176 g/mol. The van der Waals surface area contributed by atoms with Crippen molar-refractivity contribution in [2.24, 2.45) is 11.8 Å². The van der Waals surface area contributed by atoms with Gasteiger partial charge in [-0.2, -0.15) is 0 Å². The second kappa shape index (κ2) is 9.47. The van der Waals surface area contributed by atoms with Crippen molar-refractivity contribution in [1.29, 1.82) is 0 Å². The summed E-state index contributed by atoms with van der Waals surface area (Å²) < 4.78 is 0. The second-order valence-corrected chi connectivity index (χ2v) is 4.44. The first-order valence-electron chi connectivity index (χ1n) is 5.72. The Morgan fingerprint density at radius 2 is 0.929 bits per heavy atom. The lowest BCUT2D eigenvalue weighted by atomic mass is 10.1. The van der Waals surface area contributed by atoms with Crippen LogP contribution >= 0.6 is 0 Å². The Labute approximate surface area is 89.3 Å². The highest BCUT2D eigenvalue weighted by molar-refractivity contribution is 4.55. The molecule has 0 radical (unpaired) electrons. The van der Waals surface area contributed by atoms with Crippen molar-refractivity contribution in [1.82, 2.24) is 0 Å². The van der Waals surface area contributed by atoms with E-state index in [0.717, 1.165) is 12.8 Å². The van der Waals surface area contributed by atoms with E-state index < -0.39 is 0 Å². The Morgan fingerprint density at radius 1 is 0.714 bits per heavy atom. The first-order chi connectivity index (χ1) is 6.36. The molecule has 2 atom stereocenters. The van der Waals surface area contributed by atoms with Crippen LogP contribution in [-0.2, 0) is 0 Å². The van der Waals surface area contributed by atoms with Gasteiger partial charge in [0.1, 0.15) is 0 Å². The standard InChI is InChI=1S/2C6H14O/c2*1-4-6(7)5(2)3/h2*5-7H,4H2,1-3H3/t2*6-/m10/s1. The molecule has 0 aromatic rings. The minimum Gasteiger partial charge on any atom is -0.393 e. The Kier molecular flexibility index (Phi) is 11.1. The van der Waals surface area contributed by atoms with Gasteiger partial charge in [-0.1, -0.05) is 41.5 Å². The van der Waals surface area contributed by atoms with Crippen LogP contribution in [0.15, 0.2) is 0 Å². The minimum absolute atomic E-state index is 0.0972. The van der Waals surface area contributed by atoms with E-state index in [2.05, 4.69) is 0 Å². The molecule has 2 heteroatoms. The van der Waals surface area contributed by atoms with E-state index in [9.17, 15) is 0 Å². The van der Waals surface area contributed by atoms with E-state index in [1.807, 2.05) is 41.5 Å². The number of aliphatic hydroxyl groups excluding tert-OH is 2. The van der Waals surface area contributed by atoms with Crippen LogP contribution in [0.25, 0.3) is 0 Å². The van der Waals surface area contributed by atoms with Crippen molar-refractivity contribution in [3.63, 3.8) is 0 Å². The average Bonchev–Trinajstić information content (AvgIpc) is 2.15. The van der Waals surface area contributed by atoms with E-state index in [1.165, 1.54) is 0 Å². The summed E-state index contributed by atoms with van der Waals surface area (Å²) in [6, 6.07) is 0. The molecule has 14 heavy (non-hydrogen) atoms. The molecule has 0 heterocycles. The van der Waals surface area contributed by atoms with Gasteiger partial charge in [0.25, 0.3) is 0 Å². The molecule has 0 aromatic carbocycles. The van der Waals surface area contributed by atoms with Crippen molar-refractivity contribution in [2.75, 3.05) is 0 Å². The van der Waals surface area contributed by atoms with Crippen LogP contribution in [-0.4, -0.2) is 22.4 Å². The first kappa shape index (κ1) is 16.4. The van der Waals surface area contributed by atoms with Gasteiger partial charge < -0.3 is 10.2 Å². The Bertz CT molecular complexity index is 96.9. The minimum atomic E-state index is -0.0972. The molecule has 0 amide bonds. The summed E-state index contributed by atoms with van der Waals surface area (Å²) in [6.07, 6.45) is 1.55. The highest BCUT2D eigenvalue weighted by Gasteiger charge is 2.03. The average molecular weight is 204 g/mol. The molecule has 0 spiro atoms. The molecule has 0 saturated carbocycles. The van der Waals surface area contributed by atoms with E-state index in [-0.39, 0.29) is 12.2 Å². The summed E-state index contributed by atoms with van der Waals surface area (Å²) >= 11 is 0. The predicted molar refractivity (Wildman–Crippen MR) is 62.3 cm³/mol. The van der Waals surface area contributed by atoms with Crippen LogP contribution < -0.4 is 0 Å². The second-order valence-electron chi connectivity index (χ2n) is 4.44. The van der Waals surface area contributed by atoms with Gasteiger partial charge in [-0.05, 0) is 24.7 Å². The van der Waals surface area contributed by atoms with Gasteiger partial charge in [-0.3, -0.25) is 0 Å². The van der Waals surface area contributed by atoms with Gasteiger partial charge in [-0.15, -0.1) is 0 Å². The molecule has 0 fully saturated rings.